The van der Waals surface area contributed by atoms with E-state index < -0.39 is 60.2 Å². The molecule has 600 valence electrons. The van der Waals surface area contributed by atoms with Gasteiger partial charge >= 0.3 is 18.0 Å². The number of rotatable bonds is 37. The Hall–Kier alpha value is -8.93. The number of aliphatic hydroxyl groups excluding tert-OH is 6. The van der Waals surface area contributed by atoms with E-state index in [4.69, 9.17) is 43.1 Å². The Kier molecular flexibility index (Phi) is 37.1. The minimum absolute atomic E-state index is 0.00447. The molecule has 0 saturated heterocycles. The fourth-order valence-electron chi connectivity index (χ4n) is 14.5. The van der Waals surface area contributed by atoms with E-state index in [1.165, 1.54) is 11.1 Å². The van der Waals surface area contributed by atoms with Crippen molar-refractivity contribution in [3.63, 3.8) is 0 Å². The largest absolute Gasteiger partial charge is 0.461 e. The van der Waals surface area contributed by atoms with Crippen molar-refractivity contribution in [1.29, 1.82) is 0 Å². The van der Waals surface area contributed by atoms with Gasteiger partial charge in [0.1, 0.15) is 18.8 Å². The molecule has 12 atom stereocenters. The molecule has 2 saturated carbocycles. The van der Waals surface area contributed by atoms with Crippen LogP contribution in [0.25, 0.3) is 21.5 Å². The summed E-state index contributed by atoms with van der Waals surface area (Å²) in [5.41, 5.74) is 12.0. The molecule has 2 aliphatic rings. The molecule has 2 heterocycles. The third-order valence-corrected chi connectivity index (χ3v) is 20.7. The molecule has 2 aliphatic carbocycles. The molecule has 112 heavy (non-hydrogen) atoms. The number of hydrogen-bond donors (Lipinski definition) is 10. The predicted molar refractivity (Wildman–Crippen MR) is 441 cm³/mol. The number of carbonyl (C=O) groups excluding carboxylic acids is 5. The molecule has 8 aromatic rings. The van der Waals surface area contributed by atoms with Gasteiger partial charge in [0.2, 0.25) is 11.8 Å². The second-order valence-electron chi connectivity index (χ2n) is 30.1. The Morgan fingerprint density at radius 2 is 0.929 bits per heavy atom. The average molecular weight is 1570 g/mol. The molecule has 6 aromatic carbocycles. The van der Waals surface area contributed by atoms with Gasteiger partial charge in [-0.2, -0.15) is 0 Å². The third kappa shape index (κ3) is 30.2. The standard InChI is InChI=1S/C47H59N3O8.C42H51N3O6.CH2Cl2/c1-47(2,3)58-46(56)49-30-41(45(55)50-37-21-20-36-29-48-26-25-35(36)27-37)34-18-15-33(16-19-34)31-57-44(54)14-10-5-4-9-13-39-40(43(53)28-42(39)52)24-23-38(51)22-17-32-11-7-6-8-12-32;43-26-38(42(50)45-34-18-17-33-27-44-23-22-32(33)24-34)31-15-12-30(13-16-31)28-51-41(49)11-7-2-1-6-10-36-37(40(48)25-39(36)47)21-20-35(46)19-14-29-8-4-3-5-9-29;2-1-3/h4,6-9,11-12,15-16,18-21,25-27,29,38-43,51-53H,5,10,13-14,17,22-24,28,30-31H2,1-3H3,(H,49,56)(H,50,55);1,3-6,8-9,12-13,15-18,22-24,27,35-40,46-48H,2,7,10-11,14,19-21,25-26,28,43H2,(H,45,50);1H2/b9-4-;6-1-;/t38-,39?,40+,41?,42-,43+;35-,36?,37+,38?,39-,40+;/m00./s1. The summed E-state index contributed by atoms with van der Waals surface area (Å²) in [5.74, 6) is -2.60. The number of nitrogens with zero attached hydrogens (tertiary/aromatic N) is 2. The van der Waals surface area contributed by atoms with Crippen molar-refractivity contribution < 1.29 is 68.8 Å². The van der Waals surface area contributed by atoms with E-state index in [1.807, 2.05) is 127 Å². The molecule has 0 spiro atoms. The number of allylic oxidation sites excluding steroid dienone is 4. The molecule has 0 aliphatic heterocycles. The Morgan fingerprint density at radius 1 is 0.518 bits per heavy atom. The SMILES string of the molecule is CC(C)(C)OC(=O)NCC(C(=O)Nc1ccc2cnccc2c1)c1ccc(COC(=O)CCC/C=C\CC2[C@@H](CC[C@@H](O)CCc3ccccc3)[C@H](O)C[C@@H]2O)cc1.ClCCl.NCC(C(=O)Nc1ccc2cnccc2c1)c1ccc(COC(=O)CCC/C=C\CC2[C@@H](CC[C@@H](O)CCc3ccccc3)[C@H](O)C[C@@H]2O)cc1. The number of nitrogens with two attached hydrogens (primary N) is 1. The average Bonchev–Trinajstić information content (AvgIpc) is 1.00. The number of halogens is 2. The van der Waals surface area contributed by atoms with Gasteiger partial charge in [-0.1, -0.05) is 146 Å². The number of amides is 3. The van der Waals surface area contributed by atoms with Gasteiger partial charge in [0, 0.05) is 72.9 Å². The lowest BCUT2D eigenvalue weighted by Gasteiger charge is -2.23. The maximum absolute atomic E-state index is 13.6. The smallest absolute Gasteiger partial charge is 0.407 e. The first-order chi connectivity index (χ1) is 54.1. The molecule has 2 fully saturated rings. The van der Waals surface area contributed by atoms with E-state index in [-0.39, 0.29) is 91.9 Å². The van der Waals surface area contributed by atoms with Gasteiger partial charge in [-0.05, 0) is 228 Å². The van der Waals surface area contributed by atoms with Crippen LogP contribution in [-0.2, 0) is 59.4 Å². The van der Waals surface area contributed by atoms with Crippen LogP contribution in [0.15, 0.2) is 207 Å². The highest BCUT2D eigenvalue weighted by Gasteiger charge is 2.42. The first-order valence-corrected chi connectivity index (χ1v) is 40.2. The number of ether oxygens (including phenoxy) is 3. The van der Waals surface area contributed by atoms with Gasteiger partial charge in [-0.3, -0.25) is 29.1 Å². The maximum Gasteiger partial charge on any atom is 0.407 e. The van der Waals surface area contributed by atoms with Gasteiger partial charge in [-0.15, -0.1) is 23.2 Å². The first kappa shape index (κ1) is 88.6. The number of fused-ring (bicyclic) bond motifs is 2. The number of nitrogens with one attached hydrogen (secondary N) is 3. The maximum atomic E-state index is 13.6. The van der Waals surface area contributed by atoms with Gasteiger partial charge in [0.25, 0.3) is 0 Å². The molecule has 11 N–H and O–H groups in total. The van der Waals surface area contributed by atoms with Crippen molar-refractivity contribution in [2.75, 3.05) is 29.1 Å². The van der Waals surface area contributed by atoms with Crippen molar-refractivity contribution in [2.45, 2.75) is 204 Å². The van der Waals surface area contributed by atoms with Crippen LogP contribution in [0.5, 0.6) is 0 Å². The summed E-state index contributed by atoms with van der Waals surface area (Å²) in [5, 5.41) is 76.3. The highest BCUT2D eigenvalue weighted by molar-refractivity contribution is 6.40. The normalized spacial score (nSPS) is 19.2. The molecular formula is C90H112Cl2N6O14. The van der Waals surface area contributed by atoms with Crippen molar-refractivity contribution in [2.24, 2.45) is 29.4 Å². The lowest BCUT2D eigenvalue weighted by atomic mass is 9.85. The van der Waals surface area contributed by atoms with E-state index in [0.29, 0.717) is 107 Å². The molecule has 4 unspecified atom stereocenters. The molecule has 20 nitrogen and oxygen atoms in total. The van der Waals surface area contributed by atoms with Crippen molar-refractivity contribution in [1.82, 2.24) is 15.3 Å². The number of aromatic nitrogens is 2. The number of aryl methyl sites for hydroxylation is 2. The number of carbonyl (C=O) groups is 5. The second-order valence-corrected chi connectivity index (χ2v) is 30.9. The van der Waals surface area contributed by atoms with E-state index >= 15 is 0 Å². The number of benzene rings is 6. The summed E-state index contributed by atoms with van der Waals surface area (Å²) in [7, 11) is 0. The number of aliphatic hydroxyl groups is 6. The fourth-order valence-corrected chi connectivity index (χ4v) is 14.5. The topological polar surface area (TPSA) is 322 Å². The van der Waals surface area contributed by atoms with Crippen LogP contribution >= 0.6 is 23.2 Å². The molecule has 10 rings (SSSR count). The van der Waals surface area contributed by atoms with Crippen molar-refractivity contribution >= 4 is 86.0 Å². The van der Waals surface area contributed by atoms with E-state index in [9.17, 15) is 54.6 Å². The highest BCUT2D eigenvalue weighted by Crippen LogP contribution is 2.40. The molecule has 3 amide bonds. The fraction of sp³-hybridized carbons (Fsp3) is 0.433. The van der Waals surface area contributed by atoms with Crippen LogP contribution in [0, 0.1) is 23.7 Å². The molecular weight excluding hydrogens is 1460 g/mol. The van der Waals surface area contributed by atoms with Crippen LogP contribution in [-0.4, -0.2) is 131 Å². The first-order valence-electron chi connectivity index (χ1n) is 39.1. The zero-order valence-electron chi connectivity index (χ0n) is 64.5. The van der Waals surface area contributed by atoms with Crippen molar-refractivity contribution in [3.8, 4) is 0 Å². The summed E-state index contributed by atoms with van der Waals surface area (Å²) in [6.07, 6.45) is 21.9. The highest BCUT2D eigenvalue weighted by atomic mass is 35.5. The van der Waals surface area contributed by atoms with E-state index in [0.717, 1.165) is 51.1 Å². The number of pyridine rings is 2. The van der Waals surface area contributed by atoms with Crippen LogP contribution in [0.3, 0.4) is 0 Å². The second kappa shape index (κ2) is 46.9. The molecule has 0 radical (unpaired) electrons. The summed E-state index contributed by atoms with van der Waals surface area (Å²) in [6, 6.07) is 49.7. The lowest BCUT2D eigenvalue weighted by Crippen LogP contribution is -2.37. The van der Waals surface area contributed by atoms with Crippen molar-refractivity contribution in [3.05, 3.63) is 240 Å². The summed E-state index contributed by atoms with van der Waals surface area (Å²) < 4.78 is 16.4. The van der Waals surface area contributed by atoms with Gasteiger partial charge < -0.3 is 66.5 Å². The zero-order valence-corrected chi connectivity index (χ0v) is 66.0. The molecule has 22 heteroatoms. The molecule has 2 aromatic heterocycles. The molecule has 0 bridgehead atoms. The summed E-state index contributed by atoms with van der Waals surface area (Å²) in [6.45, 7) is 5.69. The van der Waals surface area contributed by atoms with Crippen LogP contribution in [0.4, 0.5) is 16.2 Å². The monoisotopic (exact) mass is 1570 g/mol. The number of hydrogen-bond acceptors (Lipinski definition) is 17. The van der Waals surface area contributed by atoms with Crippen LogP contribution < -0.4 is 21.7 Å². The number of anilines is 2. The van der Waals surface area contributed by atoms with E-state index in [1.54, 1.807) is 75.9 Å². The Morgan fingerprint density at radius 3 is 1.35 bits per heavy atom. The number of alkyl carbamates (subject to hydrolysis) is 1. The zero-order chi connectivity index (χ0) is 80.2. The van der Waals surface area contributed by atoms with Crippen LogP contribution in [0.1, 0.15) is 169 Å². The summed E-state index contributed by atoms with van der Waals surface area (Å²) >= 11 is 9.53. The predicted octanol–water partition coefficient (Wildman–Crippen LogP) is 15.4. The van der Waals surface area contributed by atoms with Gasteiger partial charge in [0.05, 0.1) is 53.8 Å². The Labute approximate surface area is 668 Å². The number of alkyl halides is 2. The number of esters is 2. The lowest BCUT2D eigenvalue weighted by molar-refractivity contribution is -0.145. The van der Waals surface area contributed by atoms with Crippen LogP contribution in [0.2, 0.25) is 0 Å². The summed E-state index contributed by atoms with van der Waals surface area (Å²) in [4.78, 5) is 72.4. The minimum atomic E-state index is -0.735. The van der Waals surface area contributed by atoms with Gasteiger partial charge in [-0.25, -0.2) is 4.79 Å². The van der Waals surface area contributed by atoms with E-state index in [2.05, 4.69) is 50.2 Å². The number of unbranched alkanes of at least 4 members (excludes halogenated alkanes) is 2. The Balaban J connectivity index is 0.000000273. The Bertz CT molecular complexity index is 4230. The minimum Gasteiger partial charge on any atom is -0.461 e. The quantitative estimate of drug-likeness (QED) is 0.00569. The third-order valence-electron chi connectivity index (χ3n) is 20.7. The van der Waals surface area contributed by atoms with Gasteiger partial charge in [0.15, 0.2) is 0 Å².